The van der Waals surface area contributed by atoms with E-state index in [0.29, 0.717) is 5.02 Å². The second-order valence-corrected chi connectivity index (χ2v) is 7.10. The first-order valence-corrected chi connectivity index (χ1v) is 9.01. The number of nitrogens with zero attached hydrogens (tertiary/aromatic N) is 3. The molecule has 0 atom stereocenters. The number of hydrogen-bond donors (Lipinski definition) is 0. The van der Waals surface area contributed by atoms with Crippen molar-refractivity contribution in [2.24, 2.45) is 4.99 Å². The number of aryl methyl sites for hydroxylation is 3. The molecule has 26 heavy (non-hydrogen) atoms. The van der Waals surface area contributed by atoms with Crippen LogP contribution in [-0.4, -0.2) is 31.9 Å². The van der Waals surface area contributed by atoms with Crippen LogP contribution in [0.15, 0.2) is 35.3 Å². The fourth-order valence-electron chi connectivity index (χ4n) is 2.77. The lowest BCUT2D eigenvalue weighted by Gasteiger charge is -2.23. The molecule has 0 fully saturated rings. The summed E-state index contributed by atoms with van der Waals surface area (Å²) in [5.41, 5.74) is 7.05. The Kier molecular flexibility index (Phi) is 8.45. The smallest absolute Gasteiger partial charge is 0.0910 e. The summed E-state index contributed by atoms with van der Waals surface area (Å²) in [5.74, 6) is 0. The maximum Gasteiger partial charge on any atom is 0.0910 e. The quantitative estimate of drug-likeness (QED) is 0.446. The van der Waals surface area contributed by atoms with Crippen LogP contribution in [0.2, 0.25) is 5.02 Å². The SMILES string of the molecule is CCN(C)/C=N\c1cc(C)c(N(C)Cc2ccc(C)cc2C)cc1Cl.Cl. The minimum Gasteiger partial charge on any atom is -0.370 e. The van der Waals surface area contributed by atoms with E-state index in [0.717, 1.165) is 24.5 Å². The molecule has 0 radical (unpaired) electrons. The molecule has 3 nitrogen and oxygen atoms in total. The highest BCUT2D eigenvalue weighted by Crippen LogP contribution is 2.33. The third-order valence-corrected chi connectivity index (χ3v) is 4.78. The van der Waals surface area contributed by atoms with E-state index in [-0.39, 0.29) is 12.4 Å². The zero-order chi connectivity index (χ0) is 18.6. The summed E-state index contributed by atoms with van der Waals surface area (Å²) in [6.45, 7) is 10.2. The lowest BCUT2D eigenvalue weighted by atomic mass is 10.0. The monoisotopic (exact) mass is 393 g/mol. The van der Waals surface area contributed by atoms with Crippen molar-refractivity contribution in [3.8, 4) is 0 Å². The average Bonchev–Trinajstić information content (AvgIpc) is 2.57. The Labute approximate surface area is 169 Å². The van der Waals surface area contributed by atoms with Gasteiger partial charge >= 0.3 is 0 Å². The van der Waals surface area contributed by atoms with E-state index in [1.165, 1.54) is 22.3 Å². The molecule has 0 saturated carbocycles. The molecule has 0 aromatic heterocycles. The molecule has 5 heteroatoms. The highest BCUT2D eigenvalue weighted by atomic mass is 35.5. The zero-order valence-electron chi connectivity index (χ0n) is 16.5. The molecule has 0 spiro atoms. The first-order valence-electron chi connectivity index (χ1n) is 8.63. The topological polar surface area (TPSA) is 18.8 Å². The largest absolute Gasteiger partial charge is 0.370 e. The molecule has 0 N–H and O–H groups in total. The summed E-state index contributed by atoms with van der Waals surface area (Å²) in [5, 5.41) is 0.675. The van der Waals surface area contributed by atoms with Gasteiger partial charge in [-0.3, -0.25) is 0 Å². The van der Waals surface area contributed by atoms with Crippen molar-refractivity contribution < 1.29 is 0 Å². The minimum atomic E-state index is 0. The van der Waals surface area contributed by atoms with Crippen LogP contribution in [0.3, 0.4) is 0 Å². The van der Waals surface area contributed by atoms with Crippen molar-refractivity contribution in [1.29, 1.82) is 0 Å². The molecule has 2 aromatic rings. The van der Waals surface area contributed by atoms with E-state index in [2.05, 4.69) is 68.9 Å². The third kappa shape index (κ3) is 5.65. The Morgan fingerprint density at radius 3 is 2.35 bits per heavy atom. The Morgan fingerprint density at radius 2 is 1.73 bits per heavy atom. The first-order chi connectivity index (χ1) is 11.8. The van der Waals surface area contributed by atoms with Crippen molar-refractivity contribution in [3.63, 3.8) is 0 Å². The van der Waals surface area contributed by atoms with Crippen LogP contribution in [0.5, 0.6) is 0 Å². The number of anilines is 1. The molecule has 2 aromatic carbocycles. The van der Waals surface area contributed by atoms with Gasteiger partial charge < -0.3 is 9.80 Å². The Hall–Kier alpha value is -1.71. The fourth-order valence-corrected chi connectivity index (χ4v) is 2.98. The van der Waals surface area contributed by atoms with Crippen molar-refractivity contribution in [2.45, 2.75) is 34.2 Å². The molecule has 0 heterocycles. The van der Waals surface area contributed by atoms with Gasteiger partial charge in [0, 0.05) is 32.9 Å². The van der Waals surface area contributed by atoms with E-state index in [4.69, 9.17) is 11.6 Å². The van der Waals surface area contributed by atoms with Gasteiger partial charge in [0.25, 0.3) is 0 Å². The Balaban J connectivity index is 0.00000338. The van der Waals surface area contributed by atoms with Crippen LogP contribution in [0.1, 0.15) is 29.2 Å². The molecule has 0 aliphatic carbocycles. The van der Waals surface area contributed by atoms with Crippen LogP contribution >= 0.6 is 24.0 Å². The van der Waals surface area contributed by atoms with Crippen molar-refractivity contribution in [3.05, 3.63) is 57.6 Å². The van der Waals surface area contributed by atoms with Gasteiger partial charge in [-0.1, -0.05) is 35.4 Å². The second-order valence-electron chi connectivity index (χ2n) is 6.69. The van der Waals surface area contributed by atoms with Gasteiger partial charge in [-0.05, 0) is 56.5 Å². The molecule has 0 unspecified atom stereocenters. The van der Waals surface area contributed by atoms with Crippen molar-refractivity contribution in [2.75, 3.05) is 25.5 Å². The van der Waals surface area contributed by atoms with Crippen molar-refractivity contribution >= 4 is 41.7 Å². The highest BCUT2D eigenvalue weighted by molar-refractivity contribution is 6.33. The van der Waals surface area contributed by atoms with Gasteiger partial charge in [-0.2, -0.15) is 0 Å². The van der Waals surface area contributed by atoms with Crippen molar-refractivity contribution in [1.82, 2.24) is 4.90 Å². The zero-order valence-corrected chi connectivity index (χ0v) is 18.1. The third-order valence-electron chi connectivity index (χ3n) is 4.47. The standard InChI is InChI=1S/C21H28ClN3.ClH/c1-7-24(5)14-23-20-11-17(4)21(12-19(20)22)25(6)13-18-9-8-15(2)10-16(18)3;/h8-12,14H,7,13H2,1-6H3;1H/b23-14-;. The number of benzene rings is 2. The molecule has 0 aliphatic heterocycles. The van der Waals surface area contributed by atoms with Crippen LogP contribution in [0.4, 0.5) is 11.4 Å². The molecule has 0 aliphatic rings. The molecule has 0 bridgehead atoms. The van der Waals surface area contributed by atoms with Gasteiger partial charge in [0.1, 0.15) is 0 Å². The maximum absolute atomic E-state index is 6.47. The minimum absolute atomic E-state index is 0. The molecule has 142 valence electrons. The summed E-state index contributed by atoms with van der Waals surface area (Å²) in [6.07, 6.45) is 1.82. The number of hydrogen-bond acceptors (Lipinski definition) is 2. The molecule has 0 saturated heterocycles. The Bertz CT molecular complexity index is 772. The molecule has 2 rings (SSSR count). The van der Waals surface area contributed by atoms with Crippen LogP contribution in [0.25, 0.3) is 0 Å². The molecule has 0 amide bonds. The fraction of sp³-hybridized carbons (Fsp3) is 0.381. The predicted molar refractivity (Wildman–Crippen MR) is 118 cm³/mol. The van der Waals surface area contributed by atoms with E-state index in [1.54, 1.807) is 0 Å². The van der Waals surface area contributed by atoms with E-state index in [1.807, 2.05) is 24.4 Å². The van der Waals surface area contributed by atoms with Crippen LogP contribution < -0.4 is 4.90 Å². The summed E-state index contributed by atoms with van der Waals surface area (Å²) in [6, 6.07) is 10.7. The molecular weight excluding hydrogens is 365 g/mol. The normalized spacial score (nSPS) is 10.7. The van der Waals surface area contributed by atoms with Crippen LogP contribution in [0, 0.1) is 20.8 Å². The van der Waals surface area contributed by atoms with E-state index in [9.17, 15) is 0 Å². The Morgan fingerprint density at radius 1 is 1.04 bits per heavy atom. The number of aliphatic imine (C=N–C) groups is 1. The number of halogens is 2. The van der Waals surface area contributed by atoms with Crippen LogP contribution in [-0.2, 0) is 6.54 Å². The predicted octanol–water partition coefficient (Wildman–Crippen LogP) is 5.93. The molecular formula is C21H29Cl2N3. The van der Waals surface area contributed by atoms with Gasteiger partial charge in [-0.25, -0.2) is 4.99 Å². The van der Waals surface area contributed by atoms with Gasteiger partial charge in [0.2, 0.25) is 0 Å². The number of rotatable bonds is 6. The summed E-state index contributed by atoms with van der Waals surface area (Å²) >= 11 is 6.47. The summed E-state index contributed by atoms with van der Waals surface area (Å²) in [7, 11) is 4.10. The van der Waals surface area contributed by atoms with E-state index >= 15 is 0 Å². The maximum atomic E-state index is 6.47. The second kappa shape index (κ2) is 9.84. The van der Waals surface area contributed by atoms with Gasteiger partial charge in [0.15, 0.2) is 0 Å². The average molecular weight is 394 g/mol. The van der Waals surface area contributed by atoms with Gasteiger partial charge in [0.05, 0.1) is 17.0 Å². The highest BCUT2D eigenvalue weighted by Gasteiger charge is 2.11. The summed E-state index contributed by atoms with van der Waals surface area (Å²) < 4.78 is 0. The summed E-state index contributed by atoms with van der Waals surface area (Å²) in [4.78, 5) is 8.76. The lowest BCUT2D eigenvalue weighted by Crippen LogP contribution is -2.18. The van der Waals surface area contributed by atoms with E-state index < -0.39 is 0 Å². The first kappa shape index (κ1) is 22.3. The lowest BCUT2D eigenvalue weighted by molar-refractivity contribution is 0.552. The van der Waals surface area contributed by atoms with Gasteiger partial charge in [-0.15, -0.1) is 12.4 Å².